The van der Waals surface area contributed by atoms with Gasteiger partial charge in [-0.3, -0.25) is 48.0 Å². The van der Waals surface area contributed by atoms with Crippen LogP contribution in [0, 0.1) is 0 Å². The maximum absolute atomic E-state index is 9.58. The molecule has 22 N–H and O–H groups in total. The van der Waals surface area contributed by atoms with Crippen molar-refractivity contribution in [2.45, 2.75) is 6.92 Å². The second kappa shape index (κ2) is 43.1. The Morgan fingerprint density at radius 2 is 1.19 bits per heavy atom. The van der Waals surface area contributed by atoms with Gasteiger partial charge in [0.2, 0.25) is 18.3 Å². The summed E-state index contributed by atoms with van der Waals surface area (Å²) >= 11 is 0. The van der Waals surface area contributed by atoms with E-state index in [1.807, 2.05) is 5.43 Å². The highest BCUT2D eigenvalue weighted by Crippen LogP contribution is 1.42. The molecule has 0 rings (SSSR count). The molecular weight excluding hydrogens is 354 g/mol. The fourth-order valence-corrected chi connectivity index (χ4v) is 0. The van der Waals surface area contributed by atoms with E-state index in [2.05, 4.69) is 45.5 Å². The van der Waals surface area contributed by atoms with Gasteiger partial charge in [0, 0.05) is 28.2 Å². The van der Waals surface area contributed by atoms with Gasteiger partial charge >= 0.3 is 6.03 Å². The highest BCUT2D eigenvalue weighted by molar-refractivity contribution is 5.75. The summed E-state index contributed by atoms with van der Waals surface area (Å²) in [7, 11) is 5.21. The number of guanidine groups is 1. The molecule has 0 fully saturated rings. The van der Waals surface area contributed by atoms with Crippen LogP contribution in [0.5, 0.6) is 0 Å². The molecule has 0 spiro atoms. The van der Waals surface area contributed by atoms with Crippen molar-refractivity contribution in [2.24, 2.45) is 57.4 Å². The number of nitrogens with two attached hydrogens (primary N) is 9. The number of nitrogens with zero attached hydrogens (tertiary/aromatic N) is 2. The third-order valence-corrected chi connectivity index (χ3v) is 0.563. The second-order valence-corrected chi connectivity index (χ2v) is 3.30. The molecule has 170 valence electrons. The SMILES string of the molecule is CC(=O)NN.CN(C)N.CNN.NN=C(N)N.NNC(N)=O.NNC=O.[HH].[HH].[HH].[HH].[HH]. The lowest BCUT2D eigenvalue weighted by Crippen LogP contribution is -2.34. The van der Waals surface area contributed by atoms with E-state index in [-0.39, 0.29) is 19.0 Å². The molecule has 0 aromatic heterocycles. The zero-order chi connectivity index (χ0) is 22.6. The summed E-state index contributed by atoms with van der Waals surface area (Å²) in [6.07, 6.45) is 0.403. The van der Waals surface area contributed by atoms with Crippen molar-refractivity contribution in [3.8, 4) is 0 Å². The summed E-state index contributed by atoms with van der Waals surface area (Å²) in [5.41, 5.74) is 21.4. The van der Waals surface area contributed by atoms with E-state index in [0.717, 1.165) is 0 Å². The number of carbonyl (C=O) groups is 3. The number of hydrogen-bond donors (Lipinski definition) is 13. The molecule has 0 aromatic carbocycles. The van der Waals surface area contributed by atoms with Crippen LogP contribution in [0.1, 0.15) is 14.1 Å². The van der Waals surface area contributed by atoms with E-state index >= 15 is 0 Å². The molecule has 26 heavy (non-hydrogen) atoms. The monoisotopic (exact) mass is 399 g/mol. The molecule has 18 nitrogen and oxygen atoms in total. The maximum atomic E-state index is 9.58. The van der Waals surface area contributed by atoms with E-state index in [9.17, 15) is 9.59 Å². The quantitative estimate of drug-likeness (QED) is 0.0487. The van der Waals surface area contributed by atoms with Gasteiger partial charge in [-0.25, -0.2) is 22.3 Å². The first-order valence-corrected chi connectivity index (χ1v) is 6.09. The van der Waals surface area contributed by atoms with E-state index in [1.54, 1.807) is 32.0 Å². The van der Waals surface area contributed by atoms with Crippen LogP contribution in [0.3, 0.4) is 0 Å². The molecule has 0 bridgehead atoms. The Morgan fingerprint density at radius 1 is 1.04 bits per heavy atom. The fourth-order valence-electron chi connectivity index (χ4n) is 0. The van der Waals surface area contributed by atoms with Crippen molar-refractivity contribution in [3.05, 3.63) is 0 Å². The summed E-state index contributed by atoms with van der Waals surface area (Å²) in [6.45, 7) is 1.35. The van der Waals surface area contributed by atoms with Gasteiger partial charge in [0.25, 0.3) is 0 Å². The van der Waals surface area contributed by atoms with Crippen LogP contribution in [0.15, 0.2) is 5.10 Å². The number of hydrazone groups is 1. The predicted octanol–water partition coefficient (Wildman–Crippen LogP) is -6.00. The number of amides is 4. The van der Waals surface area contributed by atoms with E-state index < -0.39 is 6.03 Å². The lowest BCUT2D eigenvalue weighted by Gasteiger charge is -1.91. The molecule has 4 amide bonds. The van der Waals surface area contributed by atoms with Crippen LogP contribution in [0.25, 0.3) is 0 Å². The number of rotatable bonds is 1. The minimum absolute atomic E-state index is 0. The van der Waals surface area contributed by atoms with Crippen molar-refractivity contribution >= 4 is 24.3 Å². The van der Waals surface area contributed by atoms with Crippen LogP contribution in [0.2, 0.25) is 0 Å². The van der Waals surface area contributed by atoms with Gasteiger partial charge in [0.05, 0.1) is 0 Å². The van der Waals surface area contributed by atoms with Gasteiger partial charge in [-0.15, -0.1) is 5.10 Å². The van der Waals surface area contributed by atoms with Gasteiger partial charge in [-0.2, -0.15) is 0 Å². The molecule has 0 heterocycles. The molecule has 0 radical (unpaired) electrons. The largest absolute Gasteiger partial charge is 0.369 e. The number of nitrogens with one attached hydrogen (secondary N) is 4. The van der Waals surface area contributed by atoms with Crippen LogP contribution in [0.4, 0.5) is 4.79 Å². The third-order valence-electron chi connectivity index (χ3n) is 0.563. The Morgan fingerprint density at radius 3 is 1.19 bits per heavy atom. The van der Waals surface area contributed by atoms with Crippen molar-refractivity contribution < 1.29 is 21.5 Å². The van der Waals surface area contributed by atoms with Crippen molar-refractivity contribution in [3.63, 3.8) is 0 Å². The zero-order valence-electron chi connectivity index (χ0n) is 15.4. The first-order chi connectivity index (χ1) is 11.9. The first kappa shape index (κ1) is 38.5. The standard InChI is InChI=1S/C2H6N2O.C2H8N2.CH6N4.CH5N3O.CH4N2O.CH6N2.5H2/c1-2(5)4-3;1-4(2)3;2-1(3)5-4;2-1(5)4-3;2-3-1-4;1-3-2;;;;;/h3H2,1H3,(H,4,5);3H2,1-2H3;4H2,(H4,2,3,5);3H2,(H3,2,4,5);1H,2H2,(H,3,4);3H,2H2,1H3;5*1H. The summed E-state index contributed by atoms with van der Waals surface area (Å²) in [6, 6.07) is -0.718. The molecule has 0 atom stereocenters. The minimum atomic E-state index is -0.718. The number of primary amides is 1. The molecule has 0 aliphatic heterocycles. The molecule has 0 saturated heterocycles. The Labute approximate surface area is 159 Å². The summed E-state index contributed by atoms with van der Waals surface area (Å²) in [5, 5.41) is 4.36. The smallest absolute Gasteiger partial charge is 0.326 e. The lowest BCUT2D eigenvalue weighted by molar-refractivity contribution is -0.119. The highest BCUT2D eigenvalue weighted by Gasteiger charge is 1.73. The molecule has 18 heteroatoms. The number of hydrogen-bond acceptors (Lipinski definition) is 12. The molecule has 0 saturated carbocycles. The Hall–Kier alpha value is -3.00. The van der Waals surface area contributed by atoms with Crippen LogP contribution < -0.4 is 74.0 Å². The van der Waals surface area contributed by atoms with Gasteiger partial charge in [0.1, 0.15) is 0 Å². The lowest BCUT2D eigenvalue weighted by atomic mass is 10.8. The molecule has 0 aromatic rings. The van der Waals surface area contributed by atoms with Crippen molar-refractivity contribution in [1.82, 2.24) is 26.7 Å². The van der Waals surface area contributed by atoms with Gasteiger partial charge in [0.15, 0.2) is 0 Å². The second-order valence-electron chi connectivity index (χ2n) is 3.30. The molecule has 0 aliphatic carbocycles. The minimum Gasteiger partial charge on any atom is -0.369 e. The van der Waals surface area contributed by atoms with Crippen LogP contribution in [-0.4, -0.2) is 50.5 Å². The number of urea groups is 1. The summed E-state index contributed by atoms with van der Waals surface area (Å²) in [5.74, 6) is 27.2. The number of carbonyl (C=O) groups excluding carboxylic acids is 3. The molecular formula is C8H45N15O3. The zero-order valence-corrected chi connectivity index (χ0v) is 15.4. The summed E-state index contributed by atoms with van der Waals surface area (Å²) in [4.78, 5) is 27.9. The van der Waals surface area contributed by atoms with Gasteiger partial charge in [-0.1, -0.05) is 0 Å². The third kappa shape index (κ3) is 525. The van der Waals surface area contributed by atoms with Crippen molar-refractivity contribution in [2.75, 3.05) is 21.1 Å². The molecule has 0 unspecified atom stereocenters. The van der Waals surface area contributed by atoms with Gasteiger partial charge < -0.3 is 23.0 Å². The summed E-state index contributed by atoms with van der Waals surface area (Å²) < 4.78 is 0. The fraction of sp³-hybridized carbons (Fsp3) is 0.500. The van der Waals surface area contributed by atoms with Crippen molar-refractivity contribution in [1.29, 1.82) is 0 Å². The first-order valence-electron chi connectivity index (χ1n) is 6.09. The van der Waals surface area contributed by atoms with E-state index in [0.29, 0.717) is 6.41 Å². The molecule has 0 aliphatic rings. The Balaban J connectivity index is -0.0000000168. The average Bonchev–Trinajstić information content (AvgIpc) is 2.56. The van der Waals surface area contributed by atoms with Crippen LogP contribution >= 0.6 is 0 Å². The van der Waals surface area contributed by atoms with Crippen LogP contribution in [-0.2, 0) is 9.59 Å². The predicted molar refractivity (Wildman–Crippen MR) is 110 cm³/mol. The van der Waals surface area contributed by atoms with Gasteiger partial charge in [-0.05, 0) is 7.05 Å². The topological polar surface area (TPSA) is 349 Å². The average molecular weight is 400 g/mol. The van der Waals surface area contributed by atoms with E-state index in [4.69, 9.17) is 22.1 Å². The maximum Gasteiger partial charge on any atom is 0.326 e. The Kier molecular flexibility index (Phi) is 63.9. The normalized spacial score (nSPS) is 6.69. The number of hydrazine groups is 5. The Bertz CT molecular complexity index is 310. The van der Waals surface area contributed by atoms with E-state index in [1.165, 1.54) is 11.9 Å². The highest BCUT2D eigenvalue weighted by atomic mass is 16.2.